The van der Waals surface area contributed by atoms with Gasteiger partial charge in [-0.2, -0.15) is 0 Å². The lowest BCUT2D eigenvalue weighted by molar-refractivity contribution is -0.384. The van der Waals surface area contributed by atoms with Crippen LogP contribution in [0.4, 0.5) is 17.3 Å². The van der Waals surface area contributed by atoms with E-state index in [0.29, 0.717) is 17.3 Å². The fourth-order valence-electron chi connectivity index (χ4n) is 2.73. The fraction of sp³-hybridized carbons (Fsp3) is 0.615. The summed E-state index contributed by atoms with van der Waals surface area (Å²) < 4.78 is 0. The number of aromatic nitrogens is 1. The summed E-state index contributed by atoms with van der Waals surface area (Å²) in [4.78, 5) is 14.2. The number of nitro groups is 1. The molecule has 0 amide bonds. The monoisotopic (exact) mass is 264 g/mol. The number of hydrogen-bond donors (Lipinski definition) is 2. The number of hydrogen-bond acceptors (Lipinski definition) is 5. The number of nitrogens with one attached hydrogen (secondary N) is 1. The zero-order chi connectivity index (χ0) is 14.0. The molecule has 0 bridgehead atoms. The summed E-state index contributed by atoms with van der Waals surface area (Å²) in [5.41, 5.74) is 5.78. The molecule has 6 heteroatoms. The minimum Gasteiger partial charge on any atom is -0.378 e. The highest BCUT2D eigenvalue weighted by molar-refractivity contribution is 5.57. The van der Waals surface area contributed by atoms with Gasteiger partial charge in [0.15, 0.2) is 0 Å². The third-order valence-corrected chi connectivity index (χ3v) is 3.66. The van der Waals surface area contributed by atoms with E-state index in [1.165, 1.54) is 18.9 Å². The maximum absolute atomic E-state index is 10.7. The van der Waals surface area contributed by atoms with E-state index < -0.39 is 4.92 Å². The minimum atomic E-state index is -0.518. The van der Waals surface area contributed by atoms with E-state index in [9.17, 15) is 10.1 Å². The predicted octanol–water partition coefficient (Wildman–Crippen LogP) is 2.95. The van der Waals surface area contributed by atoms with Gasteiger partial charge in [-0.05, 0) is 30.7 Å². The Bertz CT molecular complexity index is 488. The van der Waals surface area contributed by atoms with Crippen LogP contribution in [0.3, 0.4) is 0 Å². The second kappa shape index (κ2) is 5.03. The van der Waals surface area contributed by atoms with Crippen molar-refractivity contribution in [1.82, 2.24) is 4.98 Å². The van der Waals surface area contributed by atoms with Crippen LogP contribution >= 0.6 is 0 Å². The van der Waals surface area contributed by atoms with E-state index >= 15 is 0 Å². The van der Waals surface area contributed by atoms with Crippen molar-refractivity contribution in [3.8, 4) is 0 Å². The van der Waals surface area contributed by atoms with Crippen LogP contribution in [-0.4, -0.2) is 15.9 Å². The molecule has 1 aromatic rings. The predicted molar refractivity (Wildman–Crippen MR) is 75.0 cm³/mol. The van der Waals surface area contributed by atoms with Gasteiger partial charge < -0.3 is 11.1 Å². The molecule has 3 N–H and O–H groups in total. The van der Waals surface area contributed by atoms with Gasteiger partial charge in [-0.15, -0.1) is 0 Å². The summed E-state index contributed by atoms with van der Waals surface area (Å²) >= 11 is 0. The van der Waals surface area contributed by atoms with Gasteiger partial charge in [-0.25, -0.2) is 4.98 Å². The molecule has 0 saturated heterocycles. The van der Waals surface area contributed by atoms with Crippen molar-refractivity contribution in [2.45, 2.75) is 45.6 Å². The van der Waals surface area contributed by atoms with Crippen LogP contribution in [0.1, 0.15) is 39.5 Å². The molecule has 1 saturated carbocycles. The molecule has 1 aromatic heterocycles. The molecule has 1 fully saturated rings. The number of rotatable bonds is 3. The Kier molecular flexibility index (Phi) is 3.59. The Morgan fingerprint density at radius 3 is 2.84 bits per heavy atom. The molecule has 104 valence electrons. The Labute approximate surface area is 112 Å². The van der Waals surface area contributed by atoms with Crippen molar-refractivity contribution < 1.29 is 4.92 Å². The summed E-state index contributed by atoms with van der Waals surface area (Å²) in [6.07, 6.45) is 4.60. The molecule has 0 aromatic carbocycles. The Morgan fingerprint density at radius 2 is 2.26 bits per heavy atom. The van der Waals surface area contributed by atoms with Crippen molar-refractivity contribution in [2.75, 3.05) is 11.1 Å². The number of nitrogens with zero attached hydrogens (tertiary/aromatic N) is 2. The van der Waals surface area contributed by atoms with Crippen molar-refractivity contribution in [1.29, 1.82) is 0 Å². The van der Waals surface area contributed by atoms with Gasteiger partial charge in [0.05, 0.1) is 4.92 Å². The first-order chi connectivity index (χ1) is 8.87. The molecule has 0 aliphatic heterocycles. The SMILES string of the molecule is CC1(C)CCCC(Nc2ccc([N+](=O)[O-])c(N)n2)C1. The lowest BCUT2D eigenvalue weighted by Gasteiger charge is -2.35. The maximum atomic E-state index is 10.7. The lowest BCUT2D eigenvalue weighted by atomic mass is 9.75. The largest absolute Gasteiger partial charge is 0.378 e. The summed E-state index contributed by atoms with van der Waals surface area (Å²) in [6.45, 7) is 4.52. The van der Waals surface area contributed by atoms with Crippen LogP contribution in [0.15, 0.2) is 12.1 Å². The van der Waals surface area contributed by atoms with Crippen molar-refractivity contribution in [3.63, 3.8) is 0 Å². The summed E-state index contributed by atoms with van der Waals surface area (Å²) in [7, 11) is 0. The van der Waals surface area contributed by atoms with Crippen LogP contribution in [-0.2, 0) is 0 Å². The van der Waals surface area contributed by atoms with Gasteiger partial charge in [0.25, 0.3) is 0 Å². The smallest absolute Gasteiger partial charge is 0.311 e. The summed E-state index contributed by atoms with van der Waals surface area (Å²) in [6, 6.07) is 3.38. The van der Waals surface area contributed by atoms with Gasteiger partial charge in [0.2, 0.25) is 5.82 Å². The quantitative estimate of drug-likeness (QED) is 0.646. The zero-order valence-corrected chi connectivity index (χ0v) is 11.3. The molecule has 1 atom stereocenters. The van der Waals surface area contributed by atoms with Crippen LogP contribution < -0.4 is 11.1 Å². The maximum Gasteiger partial charge on any atom is 0.311 e. The fourth-order valence-corrected chi connectivity index (χ4v) is 2.73. The number of anilines is 2. The standard InChI is InChI=1S/C13H20N4O2/c1-13(2)7-3-4-9(8-13)15-11-6-5-10(17(18)19)12(14)16-11/h5-6,9H,3-4,7-8H2,1-2H3,(H3,14,15,16). The van der Waals surface area contributed by atoms with E-state index in [1.807, 2.05) is 0 Å². The molecule has 1 aliphatic rings. The Morgan fingerprint density at radius 1 is 1.53 bits per heavy atom. The summed E-state index contributed by atoms with van der Waals surface area (Å²) in [5, 5.41) is 14.0. The second-order valence-electron chi connectivity index (χ2n) is 5.96. The normalized spacial score (nSPS) is 21.9. The molecule has 1 unspecified atom stereocenters. The van der Waals surface area contributed by atoms with Crippen molar-refractivity contribution in [3.05, 3.63) is 22.2 Å². The minimum absolute atomic E-state index is 0.0370. The molecule has 19 heavy (non-hydrogen) atoms. The van der Waals surface area contributed by atoms with Gasteiger partial charge in [-0.3, -0.25) is 10.1 Å². The van der Waals surface area contributed by atoms with Gasteiger partial charge in [0, 0.05) is 12.1 Å². The highest BCUT2D eigenvalue weighted by atomic mass is 16.6. The molecule has 1 heterocycles. The van der Waals surface area contributed by atoms with Crippen LogP contribution in [0.25, 0.3) is 0 Å². The topological polar surface area (TPSA) is 94.1 Å². The molecule has 0 spiro atoms. The lowest BCUT2D eigenvalue weighted by Crippen LogP contribution is -2.32. The molecule has 0 radical (unpaired) electrons. The average Bonchev–Trinajstić information content (AvgIpc) is 2.27. The van der Waals surface area contributed by atoms with Gasteiger partial charge in [0.1, 0.15) is 5.82 Å². The number of nitrogen functional groups attached to an aromatic ring is 1. The van der Waals surface area contributed by atoms with E-state index in [4.69, 9.17) is 5.73 Å². The highest BCUT2D eigenvalue weighted by Gasteiger charge is 2.28. The first kappa shape index (κ1) is 13.6. The van der Waals surface area contributed by atoms with Crippen LogP contribution in [0, 0.1) is 15.5 Å². The Hall–Kier alpha value is -1.85. The average molecular weight is 264 g/mol. The molecule has 2 rings (SSSR count). The molecular formula is C13H20N4O2. The van der Waals surface area contributed by atoms with Crippen molar-refractivity contribution in [2.24, 2.45) is 5.41 Å². The summed E-state index contributed by atoms with van der Waals surface area (Å²) in [5.74, 6) is 0.580. The van der Waals surface area contributed by atoms with E-state index in [1.54, 1.807) is 6.07 Å². The molecular weight excluding hydrogens is 244 g/mol. The van der Waals surface area contributed by atoms with E-state index in [0.717, 1.165) is 12.8 Å². The van der Waals surface area contributed by atoms with E-state index in [-0.39, 0.29) is 11.5 Å². The molecule has 6 nitrogen and oxygen atoms in total. The first-order valence-electron chi connectivity index (χ1n) is 6.55. The van der Waals surface area contributed by atoms with Gasteiger partial charge in [-0.1, -0.05) is 20.3 Å². The third kappa shape index (κ3) is 3.33. The highest BCUT2D eigenvalue weighted by Crippen LogP contribution is 2.36. The number of pyridine rings is 1. The van der Waals surface area contributed by atoms with Crippen LogP contribution in [0.2, 0.25) is 0 Å². The molecule has 1 aliphatic carbocycles. The third-order valence-electron chi connectivity index (χ3n) is 3.66. The zero-order valence-electron chi connectivity index (χ0n) is 11.3. The van der Waals surface area contributed by atoms with Crippen LogP contribution in [0.5, 0.6) is 0 Å². The Balaban J connectivity index is 2.07. The van der Waals surface area contributed by atoms with E-state index in [2.05, 4.69) is 24.1 Å². The number of nitrogens with two attached hydrogens (primary N) is 1. The second-order valence-corrected chi connectivity index (χ2v) is 5.96. The van der Waals surface area contributed by atoms with Crippen molar-refractivity contribution >= 4 is 17.3 Å². The first-order valence-corrected chi connectivity index (χ1v) is 6.55. The van der Waals surface area contributed by atoms with Gasteiger partial charge >= 0.3 is 5.69 Å².